The highest BCUT2D eigenvalue weighted by atomic mass is 16.6. The monoisotopic (exact) mass is 439 g/mol. The van der Waals surface area contributed by atoms with Gasteiger partial charge < -0.3 is 19.0 Å². The molecule has 1 aliphatic heterocycles. The smallest absolute Gasteiger partial charge is 0.410 e. The highest BCUT2D eigenvalue weighted by Crippen LogP contribution is 2.34. The van der Waals surface area contributed by atoms with Crippen molar-refractivity contribution in [3.63, 3.8) is 0 Å². The minimum Gasteiger partial charge on any atom is -0.451 e. The first-order chi connectivity index (χ1) is 15.2. The molecule has 1 saturated heterocycles. The van der Waals surface area contributed by atoms with Crippen molar-refractivity contribution in [1.29, 1.82) is 0 Å². The Morgan fingerprint density at radius 2 is 1.75 bits per heavy atom. The lowest BCUT2D eigenvalue weighted by atomic mass is 10.0. The van der Waals surface area contributed by atoms with Gasteiger partial charge in [0.15, 0.2) is 5.76 Å². The second-order valence-corrected chi connectivity index (χ2v) is 9.45. The van der Waals surface area contributed by atoms with Gasteiger partial charge in [0.25, 0.3) is 5.91 Å². The molecule has 8 nitrogen and oxygen atoms in total. The van der Waals surface area contributed by atoms with E-state index in [2.05, 4.69) is 5.18 Å². The van der Waals surface area contributed by atoms with Crippen LogP contribution in [0.3, 0.4) is 0 Å². The zero-order chi connectivity index (χ0) is 22.9. The fraction of sp³-hybridized carbons (Fsp3) is 0.500. The molecule has 4 rings (SSSR count). The summed E-state index contributed by atoms with van der Waals surface area (Å²) >= 11 is 0. The SMILES string of the molecule is CC(C)(C)OC(=O)N1CCC(N(C(=O)c2ccc(-c3cccc(N=O)c3)o2)C2CC2)CC1. The Morgan fingerprint density at radius 1 is 1.06 bits per heavy atom. The normalized spacial score (nSPS) is 17.2. The minimum atomic E-state index is -0.526. The van der Waals surface area contributed by atoms with E-state index in [1.807, 2.05) is 31.7 Å². The van der Waals surface area contributed by atoms with Crippen molar-refractivity contribution in [2.45, 2.75) is 64.1 Å². The lowest BCUT2D eigenvalue weighted by Gasteiger charge is -2.38. The summed E-state index contributed by atoms with van der Waals surface area (Å²) in [7, 11) is 0. The largest absolute Gasteiger partial charge is 0.451 e. The molecule has 2 aromatic rings. The number of hydrogen-bond acceptors (Lipinski definition) is 6. The van der Waals surface area contributed by atoms with Crippen LogP contribution in [0.2, 0.25) is 0 Å². The van der Waals surface area contributed by atoms with Gasteiger partial charge in [-0.05, 0) is 75.9 Å². The van der Waals surface area contributed by atoms with Gasteiger partial charge in [0.1, 0.15) is 17.0 Å². The Balaban J connectivity index is 1.44. The summed E-state index contributed by atoms with van der Waals surface area (Å²) in [5.74, 6) is 0.680. The second kappa shape index (κ2) is 8.76. The van der Waals surface area contributed by atoms with Gasteiger partial charge in [-0.3, -0.25) is 4.79 Å². The minimum absolute atomic E-state index is 0.0600. The number of nitrogens with zero attached hydrogens (tertiary/aromatic N) is 3. The van der Waals surface area contributed by atoms with Crippen LogP contribution in [-0.2, 0) is 4.74 Å². The number of benzene rings is 1. The molecule has 2 aliphatic rings. The standard InChI is InChI=1S/C24H29N3O5/c1-24(2,3)32-23(29)26-13-11-19(12-14-26)27(18-7-8-18)22(28)21-10-9-20(31-21)16-5-4-6-17(15-16)25-30/h4-6,9-10,15,18-19H,7-8,11-14H2,1-3H3. The Labute approximate surface area is 187 Å². The fourth-order valence-corrected chi connectivity index (χ4v) is 4.09. The zero-order valence-electron chi connectivity index (χ0n) is 18.7. The maximum atomic E-state index is 13.4. The Hall–Kier alpha value is -3.16. The summed E-state index contributed by atoms with van der Waals surface area (Å²) in [6.45, 7) is 6.69. The molecule has 1 aromatic heterocycles. The molecule has 1 aliphatic carbocycles. The predicted octanol–water partition coefficient (Wildman–Crippen LogP) is 5.35. The summed E-state index contributed by atoms with van der Waals surface area (Å²) in [6, 6.07) is 10.5. The third-order valence-corrected chi connectivity index (χ3v) is 5.74. The molecule has 0 bridgehead atoms. The van der Waals surface area contributed by atoms with Crippen LogP contribution in [0.15, 0.2) is 46.0 Å². The Morgan fingerprint density at radius 3 is 2.38 bits per heavy atom. The van der Waals surface area contributed by atoms with E-state index < -0.39 is 5.60 Å². The molecule has 0 radical (unpaired) electrons. The average Bonchev–Trinajstić information content (AvgIpc) is 3.47. The average molecular weight is 440 g/mol. The quantitative estimate of drug-likeness (QED) is 0.586. The summed E-state index contributed by atoms with van der Waals surface area (Å²) in [4.78, 5) is 40.2. The van der Waals surface area contributed by atoms with Crippen LogP contribution in [0.1, 0.15) is 57.0 Å². The molecule has 2 fully saturated rings. The van der Waals surface area contributed by atoms with Gasteiger partial charge in [0, 0.05) is 30.7 Å². The first kappa shape index (κ1) is 22.0. The molecule has 0 unspecified atom stereocenters. The number of likely N-dealkylation sites (tertiary alicyclic amines) is 1. The molecule has 2 heterocycles. The second-order valence-electron chi connectivity index (χ2n) is 9.45. The van der Waals surface area contributed by atoms with Crippen molar-refractivity contribution in [3.05, 3.63) is 47.1 Å². The van der Waals surface area contributed by atoms with Crippen LogP contribution in [0.25, 0.3) is 11.3 Å². The summed E-state index contributed by atoms with van der Waals surface area (Å²) < 4.78 is 11.4. The fourth-order valence-electron chi connectivity index (χ4n) is 4.09. The van der Waals surface area contributed by atoms with Crippen LogP contribution in [0.5, 0.6) is 0 Å². The molecule has 2 amide bonds. The highest BCUT2D eigenvalue weighted by molar-refractivity contribution is 5.93. The van der Waals surface area contributed by atoms with Crippen molar-refractivity contribution in [1.82, 2.24) is 9.80 Å². The number of ether oxygens (including phenoxy) is 1. The van der Waals surface area contributed by atoms with Gasteiger partial charge in [0.05, 0.1) is 0 Å². The first-order valence-electron chi connectivity index (χ1n) is 11.1. The van der Waals surface area contributed by atoms with E-state index >= 15 is 0 Å². The number of amides is 2. The lowest BCUT2D eigenvalue weighted by molar-refractivity contribution is 0.0139. The summed E-state index contributed by atoms with van der Waals surface area (Å²) in [6.07, 6.45) is 3.09. The van der Waals surface area contributed by atoms with E-state index in [-0.39, 0.29) is 29.8 Å². The third-order valence-electron chi connectivity index (χ3n) is 5.74. The Kier molecular flexibility index (Phi) is 6.04. The van der Waals surface area contributed by atoms with Gasteiger partial charge in [0.2, 0.25) is 0 Å². The molecule has 32 heavy (non-hydrogen) atoms. The number of carbonyl (C=O) groups is 2. The van der Waals surface area contributed by atoms with Gasteiger partial charge in [-0.15, -0.1) is 4.91 Å². The first-order valence-corrected chi connectivity index (χ1v) is 11.1. The van der Waals surface area contributed by atoms with E-state index in [0.29, 0.717) is 42.9 Å². The molecule has 0 spiro atoms. The highest BCUT2D eigenvalue weighted by Gasteiger charge is 2.40. The molecule has 170 valence electrons. The third kappa shape index (κ3) is 5.00. The summed E-state index contributed by atoms with van der Waals surface area (Å²) in [5, 5.41) is 2.95. The zero-order valence-corrected chi connectivity index (χ0v) is 18.7. The van der Waals surface area contributed by atoms with Gasteiger partial charge in [-0.2, -0.15) is 0 Å². The van der Waals surface area contributed by atoms with Crippen molar-refractivity contribution >= 4 is 17.7 Å². The maximum absolute atomic E-state index is 13.4. The van der Waals surface area contributed by atoms with Gasteiger partial charge in [-0.1, -0.05) is 12.1 Å². The van der Waals surface area contributed by atoms with Gasteiger partial charge >= 0.3 is 6.09 Å². The molecular weight excluding hydrogens is 410 g/mol. The maximum Gasteiger partial charge on any atom is 0.410 e. The van der Waals surface area contributed by atoms with Crippen molar-refractivity contribution in [2.75, 3.05) is 13.1 Å². The van der Waals surface area contributed by atoms with E-state index in [1.165, 1.54) is 0 Å². The van der Waals surface area contributed by atoms with E-state index in [4.69, 9.17) is 9.15 Å². The number of hydrogen-bond donors (Lipinski definition) is 0. The molecule has 0 atom stereocenters. The van der Waals surface area contributed by atoms with Gasteiger partial charge in [-0.25, -0.2) is 4.79 Å². The molecule has 1 aromatic carbocycles. The van der Waals surface area contributed by atoms with Crippen LogP contribution in [0.4, 0.5) is 10.5 Å². The van der Waals surface area contributed by atoms with Crippen LogP contribution >= 0.6 is 0 Å². The van der Waals surface area contributed by atoms with E-state index in [0.717, 1.165) is 12.8 Å². The Bertz CT molecular complexity index is 997. The number of furan rings is 1. The lowest BCUT2D eigenvalue weighted by Crippen LogP contribution is -2.50. The molecule has 0 N–H and O–H groups in total. The topological polar surface area (TPSA) is 92.4 Å². The number of nitroso groups, excluding NO2 is 1. The number of carbonyl (C=O) groups excluding carboxylic acids is 2. The number of rotatable bonds is 5. The molecule has 8 heteroatoms. The number of piperidine rings is 1. The van der Waals surface area contributed by atoms with E-state index in [9.17, 15) is 14.5 Å². The van der Waals surface area contributed by atoms with Crippen LogP contribution in [-0.4, -0.2) is 52.6 Å². The van der Waals surface area contributed by atoms with Crippen molar-refractivity contribution in [3.8, 4) is 11.3 Å². The van der Waals surface area contributed by atoms with Crippen LogP contribution in [0, 0.1) is 4.91 Å². The van der Waals surface area contributed by atoms with E-state index in [1.54, 1.807) is 35.2 Å². The molecule has 1 saturated carbocycles. The summed E-state index contributed by atoms with van der Waals surface area (Å²) in [5.41, 5.74) is 0.482. The molecular formula is C24H29N3O5. The van der Waals surface area contributed by atoms with Crippen LogP contribution < -0.4 is 0 Å². The van der Waals surface area contributed by atoms with Crippen molar-refractivity contribution < 1.29 is 18.7 Å². The van der Waals surface area contributed by atoms with Crippen molar-refractivity contribution in [2.24, 2.45) is 5.18 Å². The predicted molar refractivity (Wildman–Crippen MR) is 120 cm³/mol.